The van der Waals surface area contributed by atoms with Crippen LogP contribution in [-0.4, -0.2) is 9.97 Å². The van der Waals surface area contributed by atoms with Crippen LogP contribution in [0.4, 0.5) is 0 Å². The predicted molar refractivity (Wildman–Crippen MR) is 71.6 cm³/mol. The van der Waals surface area contributed by atoms with Crippen LogP contribution < -0.4 is 5.56 Å². The zero-order valence-electron chi connectivity index (χ0n) is 8.83. The smallest absolute Gasteiger partial charge is 0.264 e. The Morgan fingerprint density at radius 3 is 2.62 bits per heavy atom. The van der Waals surface area contributed by atoms with E-state index in [4.69, 9.17) is 0 Å². The Kier molecular flexibility index (Phi) is 3.38. The number of hydrogen-bond donors (Lipinski definition) is 1. The number of hydrogen-bond acceptors (Lipinski definition) is 2. The van der Waals surface area contributed by atoms with E-state index in [0.717, 1.165) is 5.56 Å². The summed E-state index contributed by atoms with van der Waals surface area (Å²) in [4.78, 5) is 18.3. The lowest BCUT2D eigenvalue weighted by Crippen LogP contribution is -2.13. The maximum absolute atomic E-state index is 11.4. The van der Waals surface area contributed by atoms with Gasteiger partial charge in [-0.05, 0) is 35.1 Å². The summed E-state index contributed by atoms with van der Waals surface area (Å²) in [6, 6.07) is 8.21. The van der Waals surface area contributed by atoms with E-state index in [-0.39, 0.29) is 5.56 Å². The van der Waals surface area contributed by atoms with Crippen molar-refractivity contribution in [1.82, 2.24) is 9.97 Å². The predicted octanol–water partition coefficient (Wildman–Crippen LogP) is 2.27. The third-order valence-corrected chi connectivity index (χ3v) is 3.07. The number of aryl methyl sites for hydroxylation is 1. The van der Waals surface area contributed by atoms with Crippen LogP contribution in [0.2, 0.25) is 0 Å². The van der Waals surface area contributed by atoms with Gasteiger partial charge in [-0.2, -0.15) is 0 Å². The maximum atomic E-state index is 11.4. The van der Waals surface area contributed by atoms with Crippen molar-refractivity contribution in [3.8, 4) is 0 Å². The fraction of sp³-hybridized carbons (Fsp3) is 0.167. The summed E-state index contributed by atoms with van der Waals surface area (Å²) in [7, 11) is 0. The van der Waals surface area contributed by atoms with E-state index < -0.39 is 0 Å². The quantitative estimate of drug-likeness (QED) is 0.861. The molecule has 2 rings (SSSR count). The average molecular weight is 326 g/mol. The second kappa shape index (κ2) is 4.78. The van der Waals surface area contributed by atoms with Crippen LogP contribution in [0.5, 0.6) is 0 Å². The molecule has 4 heteroatoms. The first-order valence-corrected chi connectivity index (χ1v) is 6.02. The molecular formula is C12H11IN2O. The lowest BCUT2D eigenvalue weighted by molar-refractivity contribution is 0.936. The van der Waals surface area contributed by atoms with Crippen LogP contribution in [0.1, 0.15) is 17.0 Å². The SMILES string of the molecule is Cc1ccc(Cc2ncc(I)c(=O)[nH]2)cc1. The van der Waals surface area contributed by atoms with Gasteiger partial charge in [-0.1, -0.05) is 29.8 Å². The molecule has 0 saturated carbocycles. The number of aromatic amines is 1. The van der Waals surface area contributed by atoms with Gasteiger partial charge in [0.1, 0.15) is 5.82 Å². The van der Waals surface area contributed by atoms with Gasteiger partial charge in [0.25, 0.3) is 5.56 Å². The molecule has 0 spiro atoms. The van der Waals surface area contributed by atoms with Crippen molar-refractivity contribution in [2.24, 2.45) is 0 Å². The second-order valence-corrected chi connectivity index (χ2v) is 4.83. The van der Waals surface area contributed by atoms with Crippen LogP contribution in [0.25, 0.3) is 0 Å². The Bertz CT molecular complexity index is 546. The number of aromatic nitrogens is 2. The molecule has 16 heavy (non-hydrogen) atoms. The third kappa shape index (κ3) is 2.69. The highest BCUT2D eigenvalue weighted by atomic mass is 127. The number of nitrogens with zero attached hydrogens (tertiary/aromatic N) is 1. The maximum Gasteiger partial charge on any atom is 0.264 e. The van der Waals surface area contributed by atoms with Gasteiger partial charge in [-0.15, -0.1) is 0 Å². The van der Waals surface area contributed by atoms with Crippen LogP contribution in [-0.2, 0) is 6.42 Å². The van der Waals surface area contributed by atoms with Crippen molar-refractivity contribution < 1.29 is 0 Å². The first-order chi connectivity index (χ1) is 7.65. The van der Waals surface area contributed by atoms with Gasteiger partial charge in [0.15, 0.2) is 0 Å². The zero-order valence-corrected chi connectivity index (χ0v) is 11.0. The summed E-state index contributed by atoms with van der Waals surface area (Å²) in [6.07, 6.45) is 2.26. The van der Waals surface area contributed by atoms with Crippen molar-refractivity contribution in [2.75, 3.05) is 0 Å². The van der Waals surface area contributed by atoms with Crippen LogP contribution in [0.15, 0.2) is 35.3 Å². The summed E-state index contributed by atoms with van der Waals surface area (Å²) >= 11 is 1.97. The molecule has 1 heterocycles. The third-order valence-electron chi connectivity index (χ3n) is 2.30. The lowest BCUT2D eigenvalue weighted by Gasteiger charge is -2.01. The Morgan fingerprint density at radius 1 is 1.31 bits per heavy atom. The van der Waals surface area contributed by atoms with E-state index in [2.05, 4.69) is 29.0 Å². The number of rotatable bonds is 2. The monoisotopic (exact) mass is 326 g/mol. The van der Waals surface area contributed by atoms with Gasteiger partial charge in [-0.25, -0.2) is 4.98 Å². The highest BCUT2D eigenvalue weighted by Gasteiger charge is 2.00. The van der Waals surface area contributed by atoms with Crippen molar-refractivity contribution in [3.63, 3.8) is 0 Å². The van der Waals surface area contributed by atoms with Crippen molar-refractivity contribution >= 4 is 22.6 Å². The summed E-state index contributed by atoms with van der Waals surface area (Å²) in [5, 5.41) is 0. The number of H-pyrrole nitrogens is 1. The van der Waals surface area contributed by atoms with Crippen molar-refractivity contribution in [2.45, 2.75) is 13.3 Å². The first kappa shape index (κ1) is 11.3. The second-order valence-electron chi connectivity index (χ2n) is 3.67. The fourth-order valence-corrected chi connectivity index (χ4v) is 1.68. The molecule has 0 aliphatic carbocycles. The highest BCUT2D eigenvalue weighted by Crippen LogP contribution is 2.06. The lowest BCUT2D eigenvalue weighted by atomic mass is 10.1. The van der Waals surface area contributed by atoms with Gasteiger partial charge in [0.2, 0.25) is 0 Å². The van der Waals surface area contributed by atoms with E-state index in [1.54, 1.807) is 6.20 Å². The molecule has 0 amide bonds. The van der Waals surface area contributed by atoms with E-state index in [0.29, 0.717) is 15.8 Å². The average Bonchev–Trinajstić information content (AvgIpc) is 2.27. The van der Waals surface area contributed by atoms with Gasteiger partial charge in [0, 0.05) is 12.6 Å². The number of nitrogens with one attached hydrogen (secondary N) is 1. The standard InChI is InChI=1S/C12H11IN2O/c1-8-2-4-9(5-3-8)6-11-14-7-10(13)12(16)15-11/h2-5,7H,6H2,1H3,(H,14,15,16). The molecule has 0 aliphatic rings. The van der Waals surface area contributed by atoms with Gasteiger partial charge < -0.3 is 4.98 Å². The molecule has 0 unspecified atom stereocenters. The van der Waals surface area contributed by atoms with E-state index >= 15 is 0 Å². The normalized spacial score (nSPS) is 10.4. The number of benzene rings is 1. The van der Waals surface area contributed by atoms with Gasteiger partial charge in [0.05, 0.1) is 3.57 Å². The molecule has 0 saturated heterocycles. The summed E-state index contributed by atoms with van der Waals surface area (Å²) in [5.41, 5.74) is 2.31. The minimum Gasteiger partial charge on any atom is -0.309 e. The Hall–Kier alpha value is -1.17. The topological polar surface area (TPSA) is 45.8 Å². The molecule has 1 N–H and O–H groups in total. The molecule has 0 aliphatic heterocycles. The van der Waals surface area contributed by atoms with Crippen LogP contribution >= 0.6 is 22.6 Å². The molecular weight excluding hydrogens is 315 g/mol. The molecule has 0 radical (unpaired) electrons. The van der Waals surface area contributed by atoms with Crippen molar-refractivity contribution in [3.05, 3.63) is 61.3 Å². The minimum absolute atomic E-state index is 0.0716. The van der Waals surface area contributed by atoms with Crippen LogP contribution in [0, 0.1) is 10.5 Å². The van der Waals surface area contributed by atoms with Crippen LogP contribution in [0.3, 0.4) is 0 Å². The molecule has 82 valence electrons. The van der Waals surface area contributed by atoms with Crippen molar-refractivity contribution in [1.29, 1.82) is 0 Å². The summed E-state index contributed by atoms with van der Waals surface area (Å²) in [5.74, 6) is 0.703. The summed E-state index contributed by atoms with van der Waals surface area (Å²) < 4.78 is 0.616. The van der Waals surface area contributed by atoms with E-state index in [9.17, 15) is 4.79 Å². The number of halogens is 1. The highest BCUT2D eigenvalue weighted by molar-refractivity contribution is 14.1. The van der Waals surface area contributed by atoms with E-state index in [1.807, 2.05) is 34.7 Å². The molecule has 0 fully saturated rings. The molecule has 1 aromatic carbocycles. The molecule has 3 nitrogen and oxygen atoms in total. The Morgan fingerprint density at radius 2 is 2.00 bits per heavy atom. The van der Waals surface area contributed by atoms with E-state index in [1.165, 1.54) is 5.56 Å². The minimum atomic E-state index is -0.0716. The van der Waals surface area contributed by atoms with Gasteiger partial charge >= 0.3 is 0 Å². The first-order valence-electron chi connectivity index (χ1n) is 4.94. The van der Waals surface area contributed by atoms with Gasteiger partial charge in [-0.3, -0.25) is 4.79 Å². The largest absolute Gasteiger partial charge is 0.309 e. The molecule has 2 aromatic rings. The zero-order chi connectivity index (χ0) is 11.5. The molecule has 0 bridgehead atoms. The molecule has 0 atom stereocenters. The molecule has 1 aromatic heterocycles. The Labute approximate surface area is 107 Å². The fourth-order valence-electron chi connectivity index (χ4n) is 1.41. The summed E-state index contributed by atoms with van der Waals surface area (Å²) in [6.45, 7) is 2.05. The Balaban J connectivity index is 2.24.